The number of benzene rings is 2. The van der Waals surface area contributed by atoms with Crippen LogP contribution >= 0.6 is 8.30 Å². The summed E-state index contributed by atoms with van der Waals surface area (Å²) < 4.78 is 6.12. The van der Waals surface area contributed by atoms with Crippen molar-refractivity contribution in [2.75, 3.05) is 0 Å². The zero-order chi connectivity index (χ0) is 12.5. The topological polar surface area (TPSA) is 21.3 Å². The first-order chi connectivity index (χ1) is 8.75. The molecule has 18 heavy (non-hydrogen) atoms. The van der Waals surface area contributed by atoms with Crippen molar-refractivity contribution in [2.24, 2.45) is 0 Å². The molecule has 1 unspecified atom stereocenters. The van der Waals surface area contributed by atoms with E-state index in [0.717, 1.165) is 5.75 Å². The maximum atomic E-state index is 6.12. The number of hydrogen-bond acceptors (Lipinski definition) is 2. The summed E-state index contributed by atoms with van der Waals surface area (Å²) in [6.45, 7) is 4.30. The van der Waals surface area contributed by atoms with Gasteiger partial charge in [0, 0.05) is 16.9 Å². The molecule has 3 rings (SSSR count). The van der Waals surface area contributed by atoms with Gasteiger partial charge >= 0.3 is 0 Å². The molecular formula is C15H16NOP. The molecule has 2 aromatic rings. The molecule has 0 aliphatic carbocycles. The van der Waals surface area contributed by atoms with Crippen LogP contribution in [-0.4, -0.2) is 6.04 Å². The molecule has 1 aliphatic heterocycles. The van der Waals surface area contributed by atoms with Gasteiger partial charge in [-0.1, -0.05) is 36.4 Å². The third-order valence-electron chi connectivity index (χ3n) is 2.87. The molecule has 1 heterocycles. The van der Waals surface area contributed by atoms with Crippen LogP contribution in [-0.2, 0) is 0 Å². The first-order valence-corrected chi connectivity index (χ1v) is 7.44. The Morgan fingerprint density at radius 1 is 0.944 bits per heavy atom. The average molecular weight is 257 g/mol. The van der Waals surface area contributed by atoms with E-state index >= 15 is 0 Å². The van der Waals surface area contributed by atoms with Gasteiger partial charge in [-0.15, -0.1) is 0 Å². The fourth-order valence-corrected chi connectivity index (χ4v) is 3.88. The number of hydrogen-bond donors (Lipinski definition) is 1. The van der Waals surface area contributed by atoms with Crippen LogP contribution in [0.3, 0.4) is 0 Å². The van der Waals surface area contributed by atoms with Crippen LogP contribution in [0, 0.1) is 0 Å². The van der Waals surface area contributed by atoms with E-state index in [2.05, 4.69) is 55.3 Å². The first-order valence-electron chi connectivity index (χ1n) is 6.18. The molecule has 1 aliphatic rings. The summed E-state index contributed by atoms with van der Waals surface area (Å²) >= 11 is 0. The second kappa shape index (κ2) is 4.72. The summed E-state index contributed by atoms with van der Waals surface area (Å²) in [6, 6.07) is 17.2. The van der Waals surface area contributed by atoms with Crippen LogP contribution in [0.2, 0.25) is 0 Å². The highest BCUT2D eigenvalue weighted by Gasteiger charge is 2.26. The van der Waals surface area contributed by atoms with E-state index in [1.807, 2.05) is 12.1 Å². The van der Waals surface area contributed by atoms with Crippen molar-refractivity contribution in [1.82, 2.24) is 5.09 Å². The molecule has 0 amide bonds. The molecule has 2 nitrogen and oxygen atoms in total. The summed E-state index contributed by atoms with van der Waals surface area (Å²) in [7, 11) is -0.764. The molecule has 1 atom stereocenters. The number of para-hydroxylation sites is 1. The molecule has 0 saturated heterocycles. The van der Waals surface area contributed by atoms with E-state index < -0.39 is 8.30 Å². The summed E-state index contributed by atoms with van der Waals surface area (Å²) in [6.07, 6.45) is 0. The minimum Gasteiger partial charge on any atom is -0.453 e. The molecular weight excluding hydrogens is 241 g/mol. The van der Waals surface area contributed by atoms with Crippen LogP contribution < -0.4 is 14.9 Å². The standard InChI is InChI=1S/C15H16NOP/c1-11(2)16-18-15-10-6-4-8-13(15)12-7-3-5-9-14(12)17-18/h3-11,16H,1-2H3. The van der Waals surface area contributed by atoms with Crippen molar-refractivity contribution in [3.05, 3.63) is 48.5 Å². The van der Waals surface area contributed by atoms with Crippen molar-refractivity contribution in [3.63, 3.8) is 0 Å². The average Bonchev–Trinajstić information content (AvgIpc) is 2.38. The SMILES string of the molecule is CC(C)NP1Oc2ccccc2-c2ccccc21. The lowest BCUT2D eigenvalue weighted by Crippen LogP contribution is -2.28. The third-order valence-corrected chi connectivity index (χ3v) is 4.82. The van der Waals surface area contributed by atoms with Crippen molar-refractivity contribution in [2.45, 2.75) is 19.9 Å². The number of nitrogens with one attached hydrogen (secondary N) is 1. The Hall–Kier alpha value is -1.37. The Morgan fingerprint density at radius 2 is 1.61 bits per heavy atom. The molecule has 0 aromatic heterocycles. The van der Waals surface area contributed by atoms with Crippen molar-refractivity contribution >= 4 is 13.6 Å². The lowest BCUT2D eigenvalue weighted by Gasteiger charge is -2.29. The van der Waals surface area contributed by atoms with E-state index in [1.54, 1.807) is 0 Å². The van der Waals surface area contributed by atoms with E-state index in [-0.39, 0.29) is 0 Å². The first kappa shape index (κ1) is 11.7. The quantitative estimate of drug-likeness (QED) is 0.829. The Kier molecular flexibility index (Phi) is 3.07. The summed E-state index contributed by atoms with van der Waals surface area (Å²) in [5.74, 6) is 0.982. The van der Waals surface area contributed by atoms with Crippen molar-refractivity contribution in [3.8, 4) is 16.9 Å². The van der Waals surface area contributed by atoms with Crippen LogP contribution in [0.25, 0.3) is 11.1 Å². The van der Waals surface area contributed by atoms with Crippen molar-refractivity contribution in [1.29, 1.82) is 0 Å². The Bertz CT molecular complexity index is 568. The largest absolute Gasteiger partial charge is 0.453 e. The summed E-state index contributed by atoms with van der Waals surface area (Å²) in [5.41, 5.74) is 2.48. The molecule has 92 valence electrons. The van der Waals surface area contributed by atoms with Gasteiger partial charge in [-0.2, -0.15) is 0 Å². The molecule has 0 bridgehead atoms. The summed E-state index contributed by atoms with van der Waals surface area (Å²) in [4.78, 5) is 0. The second-order valence-electron chi connectivity index (χ2n) is 4.68. The van der Waals surface area contributed by atoms with E-state index in [0.29, 0.717) is 6.04 Å². The minimum atomic E-state index is -0.764. The van der Waals surface area contributed by atoms with E-state index in [4.69, 9.17) is 4.52 Å². The highest BCUT2D eigenvalue weighted by molar-refractivity contribution is 7.59. The number of fused-ring (bicyclic) bond motifs is 3. The molecule has 0 spiro atoms. The fourth-order valence-electron chi connectivity index (χ4n) is 2.13. The fraction of sp³-hybridized carbons (Fsp3) is 0.200. The maximum Gasteiger partial charge on any atom is 0.195 e. The third kappa shape index (κ3) is 2.03. The van der Waals surface area contributed by atoms with Crippen LogP contribution in [0.1, 0.15) is 13.8 Å². The highest BCUT2D eigenvalue weighted by Crippen LogP contribution is 2.46. The lowest BCUT2D eigenvalue weighted by molar-refractivity contribution is 0.591. The predicted molar refractivity (Wildman–Crippen MR) is 77.3 cm³/mol. The Labute approximate surface area is 109 Å². The van der Waals surface area contributed by atoms with E-state index in [1.165, 1.54) is 16.4 Å². The normalized spacial score (nSPS) is 16.9. The molecule has 0 fully saturated rings. The van der Waals surface area contributed by atoms with Gasteiger partial charge in [0.15, 0.2) is 8.30 Å². The van der Waals surface area contributed by atoms with Gasteiger partial charge in [0.2, 0.25) is 0 Å². The van der Waals surface area contributed by atoms with Crippen LogP contribution in [0.4, 0.5) is 0 Å². The second-order valence-corrected chi connectivity index (χ2v) is 6.19. The van der Waals surface area contributed by atoms with Gasteiger partial charge < -0.3 is 4.52 Å². The van der Waals surface area contributed by atoms with E-state index in [9.17, 15) is 0 Å². The monoisotopic (exact) mass is 257 g/mol. The zero-order valence-corrected chi connectivity index (χ0v) is 11.4. The smallest absolute Gasteiger partial charge is 0.195 e. The molecule has 3 heteroatoms. The molecule has 2 aromatic carbocycles. The Morgan fingerprint density at radius 3 is 2.39 bits per heavy atom. The van der Waals surface area contributed by atoms with Gasteiger partial charge in [-0.25, -0.2) is 0 Å². The Balaban J connectivity index is 2.11. The van der Waals surface area contributed by atoms with Crippen LogP contribution in [0.15, 0.2) is 48.5 Å². The molecule has 0 radical (unpaired) electrons. The van der Waals surface area contributed by atoms with Gasteiger partial charge in [0.25, 0.3) is 0 Å². The van der Waals surface area contributed by atoms with Crippen molar-refractivity contribution < 1.29 is 4.52 Å². The lowest BCUT2D eigenvalue weighted by atomic mass is 10.0. The molecule has 0 saturated carbocycles. The zero-order valence-electron chi connectivity index (χ0n) is 10.6. The van der Waals surface area contributed by atoms with Gasteiger partial charge in [0.05, 0.1) is 0 Å². The maximum absolute atomic E-state index is 6.12. The minimum absolute atomic E-state index is 0.412. The molecule has 1 N–H and O–H groups in total. The van der Waals surface area contributed by atoms with Crippen LogP contribution in [0.5, 0.6) is 5.75 Å². The highest BCUT2D eigenvalue weighted by atomic mass is 31.2. The number of rotatable bonds is 2. The van der Waals surface area contributed by atoms with Gasteiger partial charge in [0.1, 0.15) is 5.75 Å². The van der Waals surface area contributed by atoms with Gasteiger partial charge in [-0.05, 0) is 31.5 Å². The van der Waals surface area contributed by atoms with Gasteiger partial charge in [-0.3, -0.25) is 5.09 Å². The predicted octanol–water partition coefficient (Wildman–Crippen LogP) is 3.68. The summed E-state index contributed by atoms with van der Waals surface area (Å²) in [5, 5.41) is 4.80.